The van der Waals surface area contributed by atoms with Gasteiger partial charge in [-0.25, -0.2) is 0 Å². The smallest absolute Gasteiger partial charge is 0.339 e. The molecule has 1 saturated heterocycles. The Morgan fingerprint density at radius 3 is 2.39 bits per heavy atom. The first-order chi connectivity index (χ1) is 15.5. The van der Waals surface area contributed by atoms with Crippen molar-refractivity contribution < 1.29 is 31.7 Å². The van der Waals surface area contributed by atoms with Crippen LogP contribution in [0.2, 0.25) is 10.0 Å². The molecule has 0 atom stereocenters. The zero-order valence-corrected chi connectivity index (χ0v) is 20.4. The molecule has 2 amide bonds. The van der Waals surface area contributed by atoms with Crippen molar-refractivity contribution in [3.05, 3.63) is 63.0 Å². The van der Waals surface area contributed by atoms with Gasteiger partial charge in [0.15, 0.2) is 5.75 Å². The van der Waals surface area contributed by atoms with E-state index in [0.29, 0.717) is 22.3 Å². The predicted molar refractivity (Wildman–Crippen MR) is 125 cm³/mol. The van der Waals surface area contributed by atoms with Crippen molar-refractivity contribution in [3.8, 4) is 5.75 Å². The monoisotopic (exact) mass is 529 g/mol. The van der Waals surface area contributed by atoms with E-state index in [2.05, 4.69) is 0 Å². The van der Waals surface area contributed by atoms with Gasteiger partial charge in [-0.1, -0.05) is 29.3 Å². The summed E-state index contributed by atoms with van der Waals surface area (Å²) in [6, 6.07) is 9.61. The minimum absolute atomic E-state index is 0.0268. The Balaban J connectivity index is 1.76. The van der Waals surface area contributed by atoms with Crippen LogP contribution in [0.3, 0.4) is 0 Å². The van der Waals surface area contributed by atoms with Crippen molar-refractivity contribution >= 4 is 68.3 Å². The van der Waals surface area contributed by atoms with Gasteiger partial charge >= 0.3 is 16.1 Å². The summed E-state index contributed by atoms with van der Waals surface area (Å²) < 4.78 is 34.9. The fourth-order valence-electron chi connectivity index (χ4n) is 2.66. The summed E-state index contributed by atoms with van der Waals surface area (Å²) in [5.74, 6) is -1.46. The molecule has 1 heterocycles. The zero-order chi connectivity index (χ0) is 24.3. The molecule has 1 fully saturated rings. The van der Waals surface area contributed by atoms with Gasteiger partial charge in [0.25, 0.3) is 11.1 Å². The average Bonchev–Trinajstić information content (AvgIpc) is 2.97. The number of halogens is 2. The van der Waals surface area contributed by atoms with Crippen molar-refractivity contribution in [2.75, 3.05) is 6.54 Å². The number of esters is 1. The lowest BCUT2D eigenvalue weighted by molar-refractivity contribution is -0.149. The van der Waals surface area contributed by atoms with Crippen LogP contribution in [0.25, 0.3) is 6.08 Å². The molecule has 0 unspecified atom stereocenters. The number of carbonyl (C=O) groups excluding carboxylic acids is 3. The summed E-state index contributed by atoms with van der Waals surface area (Å²) in [4.78, 5) is 37.2. The van der Waals surface area contributed by atoms with Crippen LogP contribution in [0.1, 0.15) is 19.4 Å². The molecule has 8 nitrogen and oxygen atoms in total. The minimum atomic E-state index is -4.14. The molecule has 0 spiro atoms. The van der Waals surface area contributed by atoms with Crippen LogP contribution in [-0.4, -0.2) is 43.1 Å². The van der Waals surface area contributed by atoms with Gasteiger partial charge in [0, 0.05) is 5.02 Å². The van der Waals surface area contributed by atoms with E-state index in [4.69, 9.17) is 32.1 Å². The van der Waals surface area contributed by atoms with E-state index in [1.54, 1.807) is 13.8 Å². The average molecular weight is 530 g/mol. The summed E-state index contributed by atoms with van der Waals surface area (Å²) in [5, 5.41) is -0.259. The van der Waals surface area contributed by atoms with Gasteiger partial charge in [0.05, 0.1) is 16.0 Å². The Kier molecular flexibility index (Phi) is 7.73. The number of carbonyl (C=O) groups is 3. The van der Waals surface area contributed by atoms with Gasteiger partial charge in [0.2, 0.25) is 0 Å². The largest absolute Gasteiger partial charge is 0.462 e. The molecular formula is C21H17Cl2NO7S2. The van der Waals surface area contributed by atoms with Gasteiger partial charge < -0.3 is 8.92 Å². The highest BCUT2D eigenvalue weighted by Gasteiger charge is 2.36. The van der Waals surface area contributed by atoms with Crippen LogP contribution in [0, 0.1) is 0 Å². The van der Waals surface area contributed by atoms with E-state index in [9.17, 15) is 22.8 Å². The fourth-order valence-corrected chi connectivity index (χ4v) is 4.84. The Morgan fingerprint density at radius 1 is 1.12 bits per heavy atom. The van der Waals surface area contributed by atoms with E-state index in [0.717, 1.165) is 4.90 Å². The topological polar surface area (TPSA) is 107 Å². The third-order valence-electron chi connectivity index (χ3n) is 4.08. The molecular weight excluding hydrogens is 513 g/mol. The zero-order valence-electron chi connectivity index (χ0n) is 17.3. The first kappa shape index (κ1) is 25.1. The number of ether oxygens (including phenoxy) is 1. The highest BCUT2D eigenvalue weighted by atomic mass is 35.5. The fraction of sp³-hybridized carbons (Fsp3) is 0.190. The third-order valence-corrected chi connectivity index (χ3v) is 6.79. The lowest BCUT2D eigenvalue weighted by Gasteiger charge is -2.13. The van der Waals surface area contributed by atoms with Gasteiger partial charge in [-0.15, -0.1) is 0 Å². The molecule has 2 aromatic carbocycles. The number of imide groups is 1. The van der Waals surface area contributed by atoms with Crippen LogP contribution >= 0.6 is 35.0 Å². The molecule has 33 heavy (non-hydrogen) atoms. The first-order valence-electron chi connectivity index (χ1n) is 9.41. The van der Waals surface area contributed by atoms with Crippen LogP contribution < -0.4 is 4.18 Å². The van der Waals surface area contributed by atoms with Crippen LogP contribution in [0.5, 0.6) is 5.75 Å². The lowest BCUT2D eigenvalue weighted by atomic mass is 10.2. The predicted octanol–water partition coefficient (Wildman–Crippen LogP) is 4.75. The molecule has 0 bridgehead atoms. The van der Waals surface area contributed by atoms with E-state index in [1.807, 2.05) is 0 Å². The van der Waals surface area contributed by atoms with Gasteiger partial charge in [0.1, 0.15) is 11.4 Å². The quantitative estimate of drug-likeness (QED) is 0.287. The normalized spacial score (nSPS) is 15.4. The Hall–Kier alpha value is -2.53. The van der Waals surface area contributed by atoms with Gasteiger partial charge in [-0.05, 0) is 73.6 Å². The minimum Gasteiger partial charge on any atom is -0.462 e. The second-order valence-corrected chi connectivity index (χ2v) is 10.4. The number of amides is 2. The van der Waals surface area contributed by atoms with Crippen LogP contribution in [-0.2, 0) is 24.4 Å². The number of nitrogens with zero attached hydrogens (tertiary/aromatic N) is 1. The van der Waals surface area contributed by atoms with Crippen molar-refractivity contribution in [2.45, 2.75) is 24.8 Å². The Morgan fingerprint density at radius 2 is 1.79 bits per heavy atom. The first-order valence-corrected chi connectivity index (χ1v) is 12.4. The van der Waals surface area contributed by atoms with Crippen molar-refractivity contribution in [1.29, 1.82) is 0 Å². The molecule has 0 aliphatic carbocycles. The molecule has 1 aliphatic heterocycles. The number of hydrogen-bond acceptors (Lipinski definition) is 8. The SMILES string of the molecule is CC(C)OC(=O)CN1C(=O)S/C(=C\c2ccc(OS(=O)(=O)c3ccc(Cl)cc3)c(Cl)c2)C1=O. The van der Waals surface area contributed by atoms with Crippen LogP contribution in [0.15, 0.2) is 52.3 Å². The number of rotatable bonds is 7. The summed E-state index contributed by atoms with van der Waals surface area (Å²) in [5.41, 5.74) is 0.423. The van der Waals surface area contributed by atoms with E-state index in [1.165, 1.54) is 48.5 Å². The molecule has 1 aliphatic rings. The maximum atomic E-state index is 12.5. The maximum absolute atomic E-state index is 12.5. The van der Waals surface area contributed by atoms with Gasteiger partial charge in [-0.3, -0.25) is 19.3 Å². The third kappa shape index (κ3) is 6.29. The molecule has 0 N–H and O–H groups in total. The standard InChI is InChI=1S/C21H17Cl2NO7S2/c1-12(2)30-19(25)11-24-20(26)18(32-21(24)27)10-13-3-8-17(16(23)9-13)31-33(28,29)15-6-4-14(22)5-7-15/h3-10,12H,11H2,1-2H3/b18-10-. The number of thioether (sulfide) groups is 1. The summed E-state index contributed by atoms with van der Waals surface area (Å²) in [6.07, 6.45) is 1.03. The molecule has 2 aromatic rings. The van der Waals surface area contributed by atoms with Gasteiger partial charge in [-0.2, -0.15) is 8.42 Å². The number of benzene rings is 2. The maximum Gasteiger partial charge on any atom is 0.339 e. The molecule has 0 saturated carbocycles. The lowest BCUT2D eigenvalue weighted by Crippen LogP contribution is -2.35. The van der Waals surface area contributed by atoms with Crippen molar-refractivity contribution in [1.82, 2.24) is 4.90 Å². The Labute approximate surface area is 204 Å². The highest BCUT2D eigenvalue weighted by molar-refractivity contribution is 8.18. The molecule has 12 heteroatoms. The molecule has 0 radical (unpaired) electrons. The highest BCUT2D eigenvalue weighted by Crippen LogP contribution is 2.34. The van der Waals surface area contributed by atoms with E-state index >= 15 is 0 Å². The van der Waals surface area contributed by atoms with Crippen molar-refractivity contribution in [3.63, 3.8) is 0 Å². The van der Waals surface area contributed by atoms with Crippen molar-refractivity contribution in [2.24, 2.45) is 0 Å². The Bertz CT molecular complexity index is 1240. The molecule has 174 valence electrons. The summed E-state index contributed by atoms with van der Waals surface area (Å²) in [6.45, 7) is 2.82. The summed E-state index contributed by atoms with van der Waals surface area (Å²) >= 11 is 12.6. The molecule has 3 rings (SSSR count). The molecule has 0 aromatic heterocycles. The second kappa shape index (κ2) is 10.2. The number of hydrogen-bond donors (Lipinski definition) is 0. The van der Waals surface area contributed by atoms with E-state index < -0.39 is 33.8 Å². The summed E-state index contributed by atoms with van der Waals surface area (Å²) in [7, 11) is -4.14. The second-order valence-electron chi connectivity index (χ2n) is 6.99. The van der Waals surface area contributed by atoms with E-state index in [-0.39, 0.29) is 26.7 Å². The van der Waals surface area contributed by atoms with Crippen LogP contribution in [0.4, 0.5) is 4.79 Å².